The molecule has 0 radical (unpaired) electrons. The molecule has 142 valence electrons. The van der Waals surface area contributed by atoms with Crippen molar-refractivity contribution in [2.45, 2.75) is 39.0 Å². The van der Waals surface area contributed by atoms with E-state index in [0.29, 0.717) is 23.4 Å². The summed E-state index contributed by atoms with van der Waals surface area (Å²) in [4.78, 5) is 34.6. The number of nitrogens with zero attached hydrogens (tertiary/aromatic N) is 2. The van der Waals surface area contributed by atoms with Gasteiger partial charge in [0.25, 0.3) is 5.91 Å². The van der Waals surface area contributed by atoms with Crippen molar-refractivity contribution >= 4 is 17.5 Å². The molecule has 2 N–H and O–H groups in total. The number of Topliss-reactive ketones (excluding diaryl/α,β-unsaturated/α-hetero) is 1. The van der Waals surface area contributed by atoms with Crippen molar-refractivity contribution in [2.75, 3.05) is 5.32 Å². The van der Waals surface area contributed by atoms with Crippen LogP contribution in [-0.4, -0.2) is 21.7 Å². The fraction of sp³-hybridized carbons (Fsp3) is 0.273. The Balaban J connectivity index is 1.77. The first kappa shape index (κ1) is 18.1. The van der Waals surface area contributed by atoms with Crippen molar-refractivity contribution in [1.82, 2.24) is 15.3 Å². The van der Waals surface area contributed by atoms with Gasteiger partial charge in [0.05, 0.1) is 0 Å². The minimum atomic E-state index is -0.428. The zero-order chi connectivity index (χ0) is 19.7. The number of amides is 1. The first-order valence-corrected chi connectivity index (χ1v) is 9.43. The number of rotatable bonds is 3. The first-order valence-electron chi connectivity index (χ1n) is 9.43. The van der Waals surface area contributed by atoms with E-state index in [1.165, 1.54) is 0 Å². The molecule has 0 saturated carbocycles. The maximum atomic E-state index is 13.3. The molecule has 28 heavy (non-hydrogen) atoms. The molecular weight excluding hydrogens is 352 g/mol. The molecule has 1 atom stereocenters. The predicted octanol–water partition coefficient (Wildman–Crippen LogP) is 3.39. The molecule has 0 spiro atoms. The minimum Gasteiger partial charge on any atom is -0.362 e. The zero-order valence-corrected chi connectivity index (χ0v) is 16.0. The summed E-state index contributed by atoms with van der Waals surface area (Å²) in [5.41, 5.74) is 4.56. The summed E-state index contributed by atoms with van der Waals surface area (Å²) in [6, 6.07) is 9.23. The van der Waals surface area contributed by atoms with E-state index in [-0.39, 0.29) is 11.7 Å². The van der Waals surface area contributed by atoms with Crippen molar-refractivity contribution in [1.29, 1.82) is 0 Å². The summed E-state index contributed by atoms with van der Waals surface area (Å²) < 4.78 is 0. The summed E-state index contributed by atoms with van der Waals surface area (Å²) in [5, 5.41) is 6.20. The molecule has 0 bridgehead atoms. The van der Waals surface area contributed by atoms with Gasteiger partial charge in [-0.25, -0.2) is 4.98 Å². The standard InChI is InChI=1S/C22H22N4O2/c1-13-6-3-10-18(24-13)26-22(28)19-14(2)25-16-8-4-9-17(27)21(16)20(19)15-7-5-11-23-12-15/h3,5-7,10-12,20,25H,4,8-9H2,1-2H3,(H,24,26,28). The lowest BCUT2D eigenvalue weighted by molar-refractivity contribution is -0.116. The Labute approximate surface area is 163 Å². The Morgan fingerprint density at radius 2 is 2.04 bits per heavy atom. The normalized spacial score (nSPS) is 19.2. The number of ketones is 1. The SMILES string of the molecule is CC1=C(C(=O)Nc2cccc(C)n2)C(c2cccnc2)C2=C(CCCC2=O)N1. The molecule has 6 nitrogen and oxygen atoms in total. The molecule has 4 rings (SSSR count). The van der Waals surface area contributed by atoms with Crippen molar-refractivity contribution in [3.63, 3.8) is 0 Å². The molecule has 0 saturated heterocycles. The van der Waals surface area contributed by atoms with Crippen LogP contribution in [0.5, 0.6) is 0 Å². The number of carbonyl (C=O) groups is 2. The zero-order valence-electron chi connectivity index (χ0n) is 16.0. The summed E-state index contributed by atoms with van der Waals surface area (Å²) in [6.07, 6.45) is 5.56. The highest BCUT2D eigenvalue weighted by molar-refractivity contribution is 6.09. The van der Waals surface area contributed by atoms with E-state index in [9.17, 15) is 9.59 Å². The van der Waals surface area contributed by atoms with Crippen LogP contribution >= 0.6 is 0 Å². The third-order valence-corrected chi connectivity index (χ3v) is 5.17. The molecule has 1 amide bonds. The molecular formula is C22H22N4O2. The van der Waals surface area contributed by atoms with Gasteiger partial charge in [0.15, 0.2) is 5.78 Å². The van der Waals surface area contributed by atoms with Gasteiger partial charge >= 0.3 is 0 Å². The number of pyridine rings is 2. The number of allylic oxidation sites excluding steroid dienone is 3. The Bertz CT molecular complexity index is 1010. The van der Waals surface area contributed by atoms with Crippen LogP contribution in [0.25, 0.3) is 0 Å². The van der Waals surface area contributed by atoms with Gasteiger partial charge < -0.3 is 10.6 Å². The van der Waals surface area contributed by atoms with Gasteiger partial charge in [0, 0.05) is 53.0 Å². The molecule has 1 aliphatic carbocycles. The molecule has 1 unspecified atom stereocenters. The van der Waals surface area contributed by atoms with Crippen molar-refractivity contribution in [3.8, 4) is 0 Å². The Morgan fingerprint density at radius 3 is 2.79 bits per heavy atom. The number of aryl methyl sites for hydroxylation is 1. The van der Waals surface area contributed by atoms with E-state index in [4.69, 9.17) is 0 Å². The Morgan fingerprint density at radius 1 is 1.18 bits per heavy atom. The van der Waals surface area contributed by atoms with Crippen LogP contribution in [-0.2, 0) is 9.59 Å². The maximum absolute atomic E-state index is 13.3. The minimum absolute atomic E-state index is 0.0917. The van der Waals surface area contributed by atoms with E-state index < -0.39 is 5.92 Å². The molecule has 2 aromatic rings. The van der Waals surface area contributed by atoms with E-state index in [1.54, 1.807) is 18.5 Å². The van der Waals surface area contributed by atoms with Crippen LogP contribution in [0.4, 0.5) is 5.82 Å². The fourth-order valence-corrected chi connectivity index (χ4v) is 3.96. The molecule has 0 aromatic carbocycles. The van der Waals surface area contributed by atoms with Gasteiger partial charge in [-0.15, -0.1) is 0 Å². The van der Waals surface area contributed by atoms with Gasteiger partial charge in [0.2, 0.25) is 0 Å². The maximum Gasteiger partial charge on any atom is 0.255 e. The van der Waals surface area contributed by atoms with E-state index in [2.05, 4.69) is 20.6 Å². The molecule has 2 aromatic heterocycles. The van der Waals surface area contributed by atoms with Crippen LogP contribution in [0.1, 0.15) is 43.4 Å². The summed E-state index contributed by atoms with van der Waals surface area (Å²) in [5.74, 6) is -0.108. The Hall–Kier alpha value is -3.28. The molecule has 1 aliphatic heterocycles. The quantitative estimate of drug-likeness (QED) is 0.860. The highest BCUT2D eigenvalue weighted by Gasteiger charge is 2.38. The van der Waals surface area contributed by atoms with E-state index in [0.717, 1.165) is 35.5 Å². The predicted molar refractivity (Wildman–Crippen MR) is 106 cm³/mol. The van der Waals surface area contributed by atoms with Crippen LogP contribution in [0, 0.1) is 6.92 Å². The van der Waals surface area contributed by atoms with Gasteiger partial charge in [0.1, 0.15) is 5.82 Å². The highest BCUT2D eigenvalue weighted by Crippen LogP contribution is 2.42. The number of aromatic nitrogens is 2. The summed E-state index contributed by atoms with van der Waals surface area (Å²) >= 11 is 0. The largest absolute Gasteiger partial charge is 0.362 e. The number of carbonyl (C=O) groups excluding carboxylic acids is 2. The van der Waals surface area contributed by atoms with Crippen molar-refractivity contribution < 1.29 is 9.59 Å². The van der Waals surface area contributed by atoms with Gasteiger partial charge in [-0.1, -0.05) is 12.1 Å². The molecule has 6 heteroatoms. The smallest absolute Gasteiger partial charge is 0.255 e. The number of anilines is 1. The molecule has 0 fully saturated rings. The van der Waals surface area contributed by atoms with Crippen LogP contribution < -0.4 is 10.6 Å². The fourth-order valence-electron chi connectivity index (χ4n) is 3.96. The van der Waals surface area contributed by atoms with Gasteiger partial charge in [-0.3, -0.25) is 14.6 Å². The number of nitrogens with one attached hydrogen (secondary N) is 2. The second kappa shape index (κ2) is 7.38. The third-order valence-electron chi connectivity index (χ3n) is 5.17. The number of hydrogen-bond acceptors (Lipinski definition) is 5. The first-order chi connectivity index (χ1) is 13.5. The van der Waals surface area contributed by atoms with Crippen molar-refractivity contribution in [2.24, 2.45) is 0 Å². The third kappa shape index (κ3) is 3.33. The van der Waals surface area contributed by atoms with Gasteiger partial charge in [-0.05, 0) is 50.5 Å². The average molecular weight is 374 g/mol. The van der Waals surface area contributed by atoms with E-state index >= 15 is 0 Å². The second-order valence-corrected chi connectivity index (χ2v) is 7.17. The Kier molecular flexibility index (Phi) is 4.77. The lowest BCUT2D eigenvalue weighted by Crippen LogP contribution is -2.35. The molecule has 2 aliphatic rings. The summed E-state index contributed by atoms with van der Waals surface area (Å²) in [7, 11) is 0. The molecule has 3 heterocycles. The van der Waals surface area contributed by atoms with Crippen LogP contribution in [0.2, 0.25) is 0 Å². The second-order valence-electron chi connectivity index (χ2n) is 7.17. The lowest BCUT2D eigenvalue weighted by Gasteiger charge is -2.34. The van der Waals surface area contributed by atoms with Crippen LogP contribution in [0.3, 0.4) is 0 Å². The van der Waals surface area contributed by atoms with Crippen molar-refractivity contribution in [3.05, 3.63) is 76.5 Å². The average Bonchev–Trinajstić information content (AvgIpc) is 2.67. The van der Waals surface area contributed by atoms with Gasteiger partial charge in [-0.2, -0.15) is 0 Å². The lowest BCUT2D eigenvalue weighted by atomic mass is 9.75. The number of hydrogen-bond donors (Lipinski definition) is 2. The number of dihydropyridines is 1. The summed E-state index contributed by atoms with van der Waals surface area (Å²) in [6.45, 7) is 3.75. The highest BCUT2D eigenvalue weighted by atomic mass is 16.2. The van der Waals surface area contributed by atoms with Crippen LogP contribution in [0.15, 0.2) is 65.3 Å². The van der Waals surface area contributed by atoms with E-state index in [1.807, 2.05) is 38.1 Å². The topological polar surface area (TPSA) is 84.0 Å². The monoisotopic (exact) mass is 374 g/mol.